The Bertz CT molecular complexity index is 399. The number of alkyl halides is 9. The SMILES string of the molecule is O=S(=O)(O)C(F)(F)C(F)(F)C(F)(F)C(F)(F)F.[BaH2]. The first-order valence-corrected chi connectivity index (χ1v) is 4.61. The normalized spacial score (nSPS) is 15.2. The molecule has 1 N–H and O–H groups in total. The topological polar surface area (TPSA) is 54.4 Å². The van der Waals surface area contributed by atoms with E-state index in [0.29, 0.717) is 0 Å². The van der Waals surface area contributed by atoms with Crippen molar-refractivity contribution in [3.63, 3.8) is 0 Å². The van der Waals surface area contributed by atoms with Gasteiger partial charge in [0, 0.05) is 0 Å². The first-order valence-electron chi connectivity index (χ1n) is 3.17. The van der Waals surface area contributed by atoms with Gasteiger partial charge in [-0.25, -0.2) is 0 Å². The van der Waals surface area contributed by atoms with Crippen molar-refractivity contribution >= 4 is 59.0 Å². The van der Waals surface area contributed by atoms with E-state index in [-0.39, 0.29) is 48.9 Å². The molecule has 0 spiro atoms. The Hall–Kier alpha value is 0.851. The molecule has 14 heteroatoms. The molecule has 0 radical (unpaired) electrons. The maximum absolute atomic E-state index is 12.2. The molecule has 0 saturated carbocycles. The summed E-state index contributed by atoms with van der Waals surface area (Å²) in [6, 6.07) is 0. The van der Waals surface area contributed by atoms with Crippen LogP contribution in [0.25, 0.3) is 0 Å². The Morgan fingerprint density at radius 2 is 1.00 bits per heavy atom. The van der Waals surface area contributed by atoms with Gasteiger partial charge in [-0.3, -0.25) is 4.55 Å². The Morgan fingerprint density at radius 1 is 0.722 bits per heavy atom. The number of hydrogen-bond acceptors (Lipinski definition) is 2. The van der Waals surface area contributed by atoms with Crippen LogP contribution in [0, 0.1) is 0 Å². The summed E-state index contributed by atoms with van der Waals surface area (Å²) in [6.07, 6.45) is -7.13. The van der Waals surface area contributed by atoms with Gasteiger partial charge in [-0.2, -0.15) is 47.9 Å². The standard InChI is InChI=1S/C4HF9O3S.Ba.2H/c5-1(6,3(9,10)11)2(7,8)4(12,13)17(14,15)16;;;/h(H,14,15,16);;;. The van der Waals surface area contributed by atoms with Gasteiger partial charge in [0.2, 0.25) is 0 Å². The fourth-order valence-corrected chi connectivity index (χ4v) is 0.975. The average Bonchev–Trinajstić information content (AvgIpc) is 1.98. The molecule has 0 aliphatic heterocycles. The minimum atomic E-state index is -7.37. The van der Waals surface area contributed by atoms with Crippen molar-refractivity contribution in [1.82, 2.24) is 0 Å². The van der Waals surface area contributed by atoms with Gasteiger partial charge in [0.25, 0.3) is 0 Å². The van der Waals surface area contributed by atoms with E-state index in [0.717, 1.165) is 0 Å². The van der Waals surface area contributed by atoms with Crippen molar-refractivity contribution in [1.29, 1.82) is 0 Å². The predicted octanol–water partition coefficient (Wildman–Crippen LogP) is 1.38. The summed E-state index contributed by atoms with van der Waals surface area (Å²) in [5, 5.41) is -7.00. The van der Waals surface area contributed by atoms with Crippen LogP contribution in [0.1, 0.15) is 0 Å². The van der Waals surface area contributed by atoms with Crippen LogP contribution in [0.15, 0.2) is 0 Å². The van der Waals surface area contributed by atoms with E-state index in [1.54, 1.807) is 0 Å². The van der Waals surface area contributed by atoms with Crippen molar-refractivity contribution in [3.05, 3.63) is 0 Å². The molecule has 3 nitrogen and oxygen atoms in total. The molecule has 0 aromatic rings. The molecule has 0 rings (SSSR count). The predicted molar refractivity (Wildman–Crippen MR) is 41.0 cm³/mol. The van der Waals surface area contributed by atoms with E-state index >= 15 is 0 Å². The van der Waals surface area contributed by atoms with E-state index in [2.05, 4.69) is 0 Å². The van der Waals surface area contributed by atoms with E-state index < -0.39 is 33.4 Å². The Labute approximate surface area is 134 Å². The van der Waals surface area contributed by atoms with Crippen LogP contribution in [0.4, 0.5) is 39.5 Å². The molecule has 108 valence electrons. The van der Waals surface area contributed by atoms with Crippen molar-refractivity contribution in [3.8, 4) is 0 Å². The van der Waals surface area contributed by atoms with Crippen LogP contribution >= 0.6 is 0 Å². The van der Waals surface area contributed by atoms with Gasteiger partial charge < -0.3 is 0 Å². The summed E-state index contributed by atoms with van der Waals surface area (Å²) in [4.78, 5) is 0. The second-order valence-electron chi connectivity index (χ2n) is 2.64. The van der Waals surface area contributed by atoms with Crippen molar-refractivity contribution in [2.45, 2.75) is 23.3 Å². The Balaban J connectivity index is 0. The monoisotopic (exact) mass is 440 g/mol. The first kappa shape index (κ1) is 21.2. The summed E-state index contributed by atoms with van der Waals surface area (Å²) in [5.41, 5.74) is 0. The zero-order valence-electron chi connectivity index (χ0n) is 7.07. The van der Waals surface area contributed by atoms with Crippen LogP contribution < -0.4 is 0 Å². The van der Waals surface area contributed by atoms with Crippen LogP contribution in [0.3, 0.4) is 0 Å². The van der Waals surface area contributed by atoms with Gasteiger partial charge in [-0.15, -0.1) is 0 Å². The molecule has 0 atom stereocenters. The van der Waals surface area contributed by atoms with Gasteiger partial charge in [-0.05, 0) is 0 Å². The summed E-state index contributed by atoms with van der Waals surface area (Å²) < 4.78 is 134. The number of halogens is 9. The molecule has 0 unspecified atom stereocenters. The average molecular weight is 439 g/mol. The quantitative estimate of drug-likeness (QED) is 0.411. The van der Waals surface area contributed by atoms with Gasteiger partial charge in [-0.1, -0.05) is 0 Å². The van der Waals surface area contributed by atoms with Gasteiger partial charge in [0.1, 0.15) is 0 Å². The molecule has 0 amide bonds. The molecule has 0 aliphatic rings. The third-order valence-corrected chi connectivity index (χ3v) is 2.34. The van der Waals surface area contributed by atoms with E-state index in [9.17, 15) is 47.9 Å². The Morgan fingerprint density at radius 3 is 1.17 bits per heavy atom. The van der Waals surface area contributed by atoms with E-state index in [4.69, 9.17) is 4.55 Å². The van der Waals surface area contributed by atoms with Crippen molar-refractivity contribution < 1.29 is 52.5 Å². The fraction of sp³-hybridized carbons (Fsp3) is 1.00. The van der Waals surface area contributed by atoms with Gasteiger partial charge in [0.15, 0.2) is 0 Å². The zero-order chi connectivity index (χ0) is 14.5. The van der Waals surface area contributed by atoms with Gasteiger partial charge in [0.05, 0.1) is 0 Å². The number of rotatable bonds is 3. The zero-order valence-corrected chi connectivity index (χ0v) is 7.89. The molecule has 0 aromatic heterocycles. The third kappa shape index (κ3) is 3.12. The van der Waals surface area contributed by atoms with Crippen LogP contribution in [0.5, 0.6) is 0 Å². The Kier molecular flexibility index (Phi) is 6.26. The van der Waals surface area contributed by atoms with Crippen molar-refractivity contribution in [2.24, 2.45) is 0 Å². The summed E-state index contributed by atoms with van der Waals surface area (Å²) >= 11 is 0. The van der Waals surface area contributed by atoms with E-state index in [1.165, 1.54) is 0 Å². The third-order valence-electron chi connectivity index (χ3n) is 1.44. The molecular weight excluding hydrogens is 436 g/mol. The fourth-order valence-electron chi connectivity index (χ4n) is 0.523. The second-order valence-corrected chi connectivity index (χ2v) is 4.10. The second kappa shape index (κ2) is 5.33. The van der Waals surface area contributed by atoms with E-state index in [1.807, 2.05) is 0 Å². The molecule has 0 heterocycles. The number of hydrogen-bond donors (Lipinski definition) is 1. The molecule has 0 saturated heterocycles. The summed E-state index contributed by atoms with van der Waals surface area (Å²) in [6.45, 7) is 0. The molecule has 18 heavy (non-hydrogen) atoms. The maximum atomic E-state index is 12.2. The van der Waals surface area contributed by atoms with Crippen LogP contribution in [-0.4, -0.2) is 85.1 Å². The minimum absolute atomic E-state index is 0. The molecular formula is C4H3BaF9O3S. The molecule has 0 aromatic carbocycles. The first-order chi connectivity index (χ1) is 7.00. The molecule has 0 aliphatic carbocycles. The molecule has 0 bridgehead atoms. The molecule has 0 fully saturated rings. The van der Waals surface area contributed by atoms with Crippen molar-refractivity contribution in [2.75, 3.05) is 0 Å². The summed E-state index contributed by atoms with van der Waals surface area (Å²) in [5.74, 6) is -14.7. The van der Waals surface area contributed by atoms with Crippen LogP contribution in [0.2, 0.25) is 0 Å². The van der Waals surface area contributed by atoms with Crippen LogP contribution in [-0.2, 0) is 10.1 Å². The van der Waals surface area contributed by atoms with Gasteiger partial charge >= 0.3 is 82.3 Å². The summed E-state index contributed by atoms with van der Waals surface area (Å²) in [7, 11) is -7.17.